The summed E-state index contributed by atoms with van der Waals surface area (Å²) in [6, 6.07) is 15.1. The largest absolute Gasteiger partial charge is 0.497 e. The molecule has 2 N–H and O–H groups in total. The van der Waals surface area contributed by atoms with Gasteiger partial charge in [0.05, 0.1) is 25.6 Å². The minimum atomic E-state index is -0.355. The number of ether oxygens (including phenoxy) is 2. The summed E-state index contributed by atoms with van der Waals surface area (Å²) in [5.74, 6) is 0.857. The van der Waals surface area contributed by atoms with Gasteiger partial charge in [0.25, 0.3) is 11.8 Å². The van der Waals surface area contributed by atoms with Crippen LogP contribution < -0.4 is 20.1 Å². The van der Waals surface area contributed by atoms with E-state index in [-0.39, 0.29) is 17.6 Å². The number of rotatable bonds is 6. The lowest BCUT2D eigenvalue weighted by atomic mass is 10.2. The van der Waals surface area contributed by atoms with Crippen molar-refractivity contribution in [3.8, 4) is 11.5 Å². The Morgan fingerprint density at radius 2 is 1.30 bits per heavy atom. The topological polar surface area (TPSA) is 89.5 Å². The third kappa shape index (κ3) is 4.96. The number of amides is 2. The summed E-state index contributed by atoms with van der Waals surface area (Å²) >= 11 is 3.42. The van der Waals surface area contributed by atoms with Gasteiger partial charge in [-0.3, -0.25) is 9.59 Å². The third-order valence-electron chi connectivity index (χ3n) is 4.34. The van der Waals surface area contributed by atoms with E-state index in [9.17, 15) is 9.59 Å². The summed E-state index contributed by atoms with van der Waals surface area (Å²) in [5, 5.41) is 5.56. The summed E-state index contributed by atoms with van der Waals surface area (Å²) in [4.78, 5) is 29.7. The normalized spacial score (nSPS) is 10.3. The van der Waals surface area contributed by atoms with Gasteiger partial charge in [0.1, 0.15) is 11.5 Å². The molecule has 0 aliphatic carbocycles. The predicted octanol–water partition coefficient (Wildman–Crippen LogP) is 4.67. The maximum atomic E-state index is 12.7. The second-order valence-corrected chi connectivity index (χ2v) is 7.17. The van der Waals surface area contributed by atoms with Crippen LogP contribution >= 0.6 is 15.9 Å². The van der Waals surface area contributed by atoms with Crippen molar-refractivity contribution >= 4 is 39.2 Å². The Kier molecular flexibility index (Phi) is 6.68. The van der Waals surface area contributed by atoms with Crippen LogP contribution in [0.1, 0.15) is 26.4 Å². The highest BCUT2D eigenvalue weighted by Gasteiger charge is 2.16. The number of nitrogens with zero attached hydrogens (tertiary/aromatic N) is 1. The van der Waals surface area contributed by atoms with Crippen molar-refractivity contribution in [2.45, 2.75) is 6.92 Å². The molecule has 2 amide bonds. The zero-order valence-electron chi connectivity index (χ0n) is 16.7. The zero-order valence-corrected chi connectivity index (χ0v) is 18.2. The molecule has 3 rings (SSSR count). The van der Waals surface area contributed by atoms with Crippen LogP contribution in [-0.2, 0) is 0 Å². The SMILES string of the molecule is COc1ccc(C(=O)Nc2cc(Br)c(C)nc2NC(=O)c2ccc(OC)cc2)cc1. The number of nitrogens with one attached hydrogen (secondary N) is 2. The van der Waals surface area contributed by atoms with Gasteiger partial charge in [0.15, 0.2) is 5.82 Å². The van der Waals surface area contributed by atoms with E-state index in [1.807, 2.05) is 0 Å². The van der Waals surface area contributed by atoms with Gasteiger partial charge in [-0.1, -0.05) is 0 Å². The van der Waals surface area contributed by atoms with Gasteiger partial charge in [-0.05, 0) is 77.5 Å². The molecule has 0 unspecified atom stereocenters. The fourth-order valence-electron chi connectivity index (χ4n) is 2.63. The molecule has 7 nitrogen and oxygen atoms in total. The molecule has 8 heteroatoms. The first-order valence-corrected chi connectivity index (χ1v) is 9.78. The fourth-order valence-corrected chi connectivity index (χ4v) is 2.95. The van der Waals surface area contributed by atoms with E-state index in [1.54, 1.807) is 75.7 Å². The third-order valence-corrected chi connectivity index (χ3v) is 5.14. The molecule has 30 heavy (non-hydrogen) atoms. The van der Waals surface area contributed by atoms with Crippen molar-refractivity contribution in [2.75, 3.05) is 24.9 Å². The minimum absolute atomic E-state index is 0.248. The van der Waals surface area contributed by atoms with E-state index < -0.39 is 0 Å². The Balaban J connectivity index is 1.84. The molecule has 0 fully saturated rings. The van der Waals surface area contributed by atoms with Crippen molar-refractivity contribution in [1.82, 2.24) is 4.98 Å². The van der Waals surface area contributed by atoms with Gasteiger partial charge in [-0.2, -0.15) is 0 Å². The molecule has 0 aliphatic heterocycles. The average molecular weight is 470 g/mol. The van der Waals surface area contributed by atoms with Gasteiger partial charge in [0.2, 0.25) is 0 Å². The number of anilines is 2. The van der Waals surface area contributed by atoms with Crippen molar-refractivity contribution < 1.29 is 19.1 Å². The van der Waals surface area contributed by atoms with Crippen LogP contribution in [0.15, 0.2) is 59.1 Å². The van der Waals surface area contributed by atoms with Gasteiger partial charge < -0.3 is 20.1 Å². The number of aromatic nitrogens is 1. The lowest BCUT2D eigenvalue weighted by Gasteiger charge is -2.14. The molecule has 0 saturated carbocycles. The highest BCUT2D eigenvalue weighted by atomic mass is 79.9. The molecular weight excluding hydrogens is 450 g/mol. The Labute approximate surface area is 182 Å². The number of hydrogen-bond acceptors (Lipinski definition) is 5. The molecule has 3 aromatic rings. The number of aryl methyl sites for hydroxylation is 1. The first-order chi connectivity index (χ1) is 14.4. The summed E-state index contributed by atoms with van der Waals surface area (Å²) in [5.41, 5.74) is 1.92. The smallest absolute Gasteiger partial charge is 0.256 e. The van der Waals surface area contributed by atoms with E-state index >= 15 is 0 Å². The maximum absolute atomic E-state index is 12.7. The molecule has 2 aromatic carbocycles. The predicted molar refractivity (Wildman–Crippen MR) is 119 cm³/mol. The molecule has 0 radical (unpaired) electrons. The average Bonchev–Trinajstić information content (AvgIpc) is 2.77. The van der Waals surface area contributed by atoms with E-state index in [0.717, 1.165) is 0 Å². The minimum Gasteiger partial charge on any atom is -0.497 e. The summed E-state index contributed by atoms with van der Waals surface area (Å²) in [6.45, 7) is 1.79. The number of methoxy groups -OCH3 is 2. The summed E-state index contributed by atoms with van der Waals surface area (Å²) in [7, 11) is 3.11. The molecule has 0 atom stereocenters. The van der Waals surface area contributed by atoms with E-state index in [2.05, 4.69) is 31.5 Å². The second-order valence-electron chi connectivity index (χ2n) is 6.32. The molecular formula is C22H20BrN3O4. The Hall–Kier alpha value is -3.39. The van der Waals surface area contributed by atoms with E-state index in [4.69, 9.17) is 9.47 Å². The highest BCUT2D eigenvalue weighted by Crippen LogP contribution is 2.27. The van der Waals surface area contributed by atoms with Gasteiger partial charge in [-0.15, -0.1) is 0 Å². The number of carbonyl (C=O) groups is 2. The Morgan fingerprint density at radius 3 is 1.77 bits per heavy atom. The van der Waals surface area contributed by atoms with Crippen molar-refractivity contribution in [2.24, 2.45) is 0 Å². The molecule has 0 saturated heterocycles. The van der Waals surface area contributed by atoms with Crippen LogP contribution in [0.25, 0.3) is 0 Å². The molecule has 0 aliphatic rings. The lowest BCUT2D eigenvalue weighted by Crippen LogP contribution is -2.18. The van der Waals surface area contributed by atoms with Crippen LogP contribution in [-0.4, -0.2) is 31.0 Å². The van der Waals surface area contributed by atoms with Crippen LogP contribution in [0.2, 0.25) is 0 Å². The Bertz CT molecular complexity index is 980. The van der Waals surface area contributed by atoms with Crippen molar-refractivity contribution in [3.05, 3.63) is 75.9 Å². The van der Waals surface area contributed by atoms with Crippen LogP contribution in [0.5, 0.6) is 11.5 Å². The molecule has 1 heterocycles. The maximum Gasteiger partial charge on any atom is 0.256 e. The van der Waals surface area contributed by atoms with Crippen LogP contribution in [0.4, 0.5) is 11.5 Å². The number of halogens is 1. The zero-order chi connectivity index (χ0) is 21.7. The van der Waals surface area contributed by atoms with Gasteiger partial charge in [0, 0.05) is 15.6 Å². The number of pyridine rings is 1. The van der Waals surface area contributed by atoms with E-state index in [1.165, 1.54) is 0 Å². The van der Waals surface area contributed by atoms with Gasteiger partial charge in [-0.25, -0.2) is 4.98 Å². The van der Waals surface area contributed by atoms with Crippen LogP contribution in [0, 0.1) is 6.92 Å². The van der Waals surface area contributed by atoms with Crippen LogP contribution in [0.3, 0.4) is 0 Å². The summed E-state index contributed by atoms with van der Waals surface area (Å²) in [6.07, 6.45) is 0. The number of benzene rings is 2. The molecule has 154 valence electrons. The lowest BCUT2D eigenvalue weighted by molar-refractivity contribution is 0.101. The number of carbonyl (C=O) groups excluding carboxylic acids is 2. The number of hydrogen-bond donors (Lipinski definition) is 2. The Morgan fingerprint density at radius 1 is 0.833 bits per heavy atom. The summed E-state index contributed by atoms with van der Waals surface area (Å²) < 4.78 is 10.9. The van der Waals surface area contributed by atoms with Gasteiger partial charge >= 0.3 is 0 Å². The monoisotopic (exact) mass is 469 g/mol. The molecule has 0 bridgehead atoms. The second kappa shape index (κ2) is 9.41. The van der Waals surface area contributed by atoms with E-state index in [0.29, 0.717) is 38.5 Å². The highest BCUT2D eigenvalue weighted by molar-refractivity contribution is 9.10. The molecule has 1 aromatic heterocycles. The molecule has 0 spiro atoms. The van der Waals surface area contributed by atoms with Crippen molar-refractivity contribution in [1.29, 1.82) is 0 Å². The standard InChI is InChI=1S/C22H20BrN3O4/c1-13-18(23)12-19(25-21(27)14-4-8-16(29-2)9-5-14)20(24-13)26-22(28)15-6-10-17(30-3)11-7-15/h4-12H,1-3H3,(H,25,27)(H,24,26,28). The first kappa shape index (κ1) is 21.3. The first-order valence-electron chi connectivity index (χ1n) is 8.99. The van der Waals surface area contributed by atoms with Crippen molar-refractivity contribution in [3.63, 3.8) is 0 Å². The quantitative estimate of drug-likeness (QED) is 0.547. The fraction of sp³-hybridized carbons (Fsp3) is 0.136.